The number of rotatable bonds is 5. The molecule has 2 nitrogen and oxygen atoms in total. The summed E-state index contributed by atoms with van der Waals surface area (Å²) in [4.78, 5) is 1.26. The maximum Gasteiger partial charge on any atom is 0.134 e. The monoisotopic (exact) mass is 365 g/mol. The average molecular weight is 366 g/mol. The van der Waals surface area contributed by atoms with Gasteiger partial charge in [0, 0.05) is 21.5 Å². The van der Waals surface area contributed by atoms with Crippen molar-refractivity contribution in [3.63, 3.8) is 0 Å². The Morgan fingerprint density at radius 2 is 1.86 bits per heavy atom. The highest BCUT2D eigenvalue weighted by Gasteiger charge is 2.06. The number of hydrogen-bond acceptors (Lipinski definition) is 3. The van der Waals surface area contributed by atoms with Crippen molar-refractivity contribution in [1.82, 2.24) is 5.32 Å². The normalized spacial score (nSPS) is 11.0. The van der Waals surface area contributed by atoms with Gasteiger partial charge < -0.3 is 9.73 Å². The Bertz CT molecular complexity index is 720. The lowest BCUT2D eigenvalue weighted by Crippen LogP contribution is -2.11. The number of benzene rings is 1. The first-order valence-electron chi connectivity index (χ1n) is 6.49. The van der Waals surface area contributed by atoms with Gasteiger partial charge in [-0.2, -0.15) is 0 Å². The molecule has 1 N–H and O–H groups in total. The first kappa shape index (κ1) is 14.5. The van der Waals surface area contributed by atoms with E-state index < -0.39 is 0 Å². The Morgan fingerprint density at radius 1 is 1.05 bits per heavy atom. The summed E-state index contributed by atoms with van der Waals surface area (Å²) in [6, 6.07) is 12.2. The molecule has 0 aliphatic carbocycles. The molecule has 0 aliphatic heterocycles. The summed E-state index contributed by atoms with van der Waals surface area (Å²) in [7, 11) is 0. The van der Waals surface area contributed by atoms with E-state index in [0.29, 0.717) is 6.54 Å². The third-order valence-electron chi connectivity index (χ3n) is 3.07. The number of halogens is 2. The minimum absolute atomic E-state index is 0.242. The lowest BCUT2D eigenvalue weighted by Gasteiger charge is -2.01. The van der Waals surface area contributed by atoms with E-state index >= 15 is 0 Å². The maximum absolute atomic E-state index is 12.9. The van der Waals surface area contributed by atoms with Crippen LogP contribution in [0.4, 0.5) is 4.39 Å². The summed E-state index contributed by atoms with van der Waals surface area (Å²) in [6.07, 6.45) is 0. The Kier molecular flexibility index (Phi) is 4.53. The molecule has 108 valence electrons. The van der Waals surface area contributed by atoms with Crippen molar-refractivity contribution in [2.45, 2.75) is 13.1 Å². The third kappa shape index (κ3) is 3.61. The van der Waals surface area contributed by atoms with Crippen molar-refractivity contribution in [3.05, 3.63) is 68.8 Å². The van der Waals surface area contributed by atoms with E-state index in [1.165, 1.54) is 17.0 Å². The van der Waals surface area contributed by atoms with Crippen molar-refractivity contribution in [3.8, 4) is 11.3 Å². The van der Waals surface area contributed by atoms with Crippen LogP contribution in [0.5, 0.6) is 0 Å². The highest BCUT2D eigenvalue weighted by atomic mass is 79.9. The molecule has 3 rings (SSSR count). The molecule has 0 radical (unpaired) electrons. The van der Waals surface area contributed by atoms with Crippen LogP contribution >= 0.6 is 27.3 Å². The van der Waals surface area contributed by atoms with Crippen LogP contribution in [0.15, 0.2) is 56.7 Å². The lowest BCUT2D eigenvalue weighted by molar-refractivity contribution is 0.494. The topological polar surface area (TPSA) is 25.2 Å². The van der Waals surface area contributed by atoms with Crippen molar-refractivity contribution in [1.29, 1.82) is 0 Å². The smallest absolute Gasteiger partial charge is 0.134 e. The van der Waals surface area contributed by atoms with Crippen molar-refractivity contribution in [2.24, 2.45) is 0 Å². The molecule has 0 fully saturated rings. The summed E-state index contributed by atoms with van der Waals surface area (Å²) >= 11 is 5.22. The predicted octanol–water partition coefficient (Wildman–Crippen LogP) is 5.20. The van der Waals surface area contributed by atoms with Gasteiger partial charge in [-0.05, 0) is 63.8 Å². The van der Waals surface area contributed by atoms with Gasteiger partial charge in [0.2, 0.25) is 0 Å². The van der Waals surface area contributed by atoms with Crippen molar-refractivity contribution < 1.29 is 8.81 Å². The van der Waals surface area contributed by atoms with E-state index in [0.717, 1.165) is 28.1 Å². The third-order valence-corrected chi connectivity index (χ3v) is 4.99. The Labute approximate surface area is 134 Å². The molecule has 0 aliphatic rings. The van der Waals surface area contributed by atoms with Crippen LogP contribution in [0.25, 0.3) is 11.3 Å². The molecule has 0 bridgehead atoms. The Balaban J connectivity index is 1.60. The van der Waals surface area contributed by atoms with Crippen LogP contribution in [0, 0.1) is 5.82 Å². The number of thiophene rings is 1. The summed E-state index contributed by atoms with van der Waals surface area (Å²) in [5.41, 5.74) is 0.878. The van der Waals surface area contributed by atoms with Crippen LogP contribution in [-0.4, -0.2) is 0 Å². The minimum Gasteiger partial charge on any atom is -0.460 e. The van der Waals surface area contributed by atoms with E-state index in [2.05, 4.69) is 26.6 Å². The fourth-order valence-corrected chi connectivity index (χ4v) is 3.45. The van der Waals surface area contributed by atoms with Crippen LogP contribution < -0.4 is 5.32 Å². The zero-order valence-corrected chi connectivity index (χ0v) is 13.5. The fraction of sp³-hybridized carbons (Fsp3) is 0.125. The second-order valence-corrected chi connectivity index (χ2v) is 6.42. The molecule has 2 heterocycles. The molecule has 0 atom stereocenters. The zero-order chi connectivity index (χ0) is 14.7. The molecule has 21 heavy (non-hydrogen) atoms. The Morgan fingerprint density at radius 3 is 2.57 bits per heavy atom. The lowest BCUT2D eigenvalue weighted by atomic mass is 10.2. The van der Waals surface area contributed by atoms with E-state index in [1.807, 2.05) is 18.2 Å². The predicted molar refractivity (Wildman–Crippen MR) is 86.7 cm³/mol. The van der Waals surface area contributed by atoms with Crippen molar-refractivity contribution in [2.75, 3.05) is 0 Å². The van der Waals surface area contributed by atoms with Crippen LogP contribution in [0.1, 0.15) is 10.6 Å². The van der Waals surface area contributed by atoms with Gasteiger partial charge in [0.05, 0.1) is 6.54 Å². The quantitative estimate of drug-likeness (QED) is 0.672. The van der Waals surface area contributed by atoms with Crippen LogP contribution in [0.3, 0.4) is 0 Å². The van der Waals surface area contributed by atoms with Gasteiger partial charge in [-0.1, -0.05) is 0 Å². The van der Waals surface area contributed by atoms with E-state index in [9.17, 15) is 4.39 Å². The van der Waals surface area contributed by atoms with Gasteiger partial charge in [-0.15, -0.1) is 11.3 Å². The Hall–Kier alpha value is -1.43. The van der Waals surface area contributed by atoms with Gasteiger partial charge in [-0.25, -0.2) is 4.39 Å². The second-order valence-electron chi connectivity index (χ2n) is 4.57. The standard InChI is InChI=1S/C16H13BrFNOS/c17-14-7-8-21-16(14)10-19-9-13-5-6-15(20-13)11-1-3-12(18)4-2-11/h1-8,19H,9-10H2. The summed E-state index contributed by atoms with van der Waals surface area (Å²) < 4.78 is 19.8. The molecule has 0 unspecified atom stereocenters. The van der Waals surface area contributed by atoms with E-state index in [4.69, 9.17) is 4.42 Å². The molecule has 0 saturated heterocycles. The highest BCUT2D eigenvalue weighted by molar-refractivity contribution is 9.10. The molecule has 0 spiro atoms. The van der Waals surface area contributed by atoms with Gasteiger partial charge in [0.1, 0.15) is 17.3 Å². The van der Waals surface area contributed by atoms with Crippen molar-refractivity contribution >= 4 is 27.3 Å². The summed E-state index contributed by atoms with van der Waals surface area (Å²) in [6.45, 7) is 1.45. The average Bonchev–Trinajstić information content (AvgIpc) is 3.10. The molecule has 1 aromatic carbocycles. The first-order valence-corrected chi connectivity index (χ1v) is 8.17. The molecule has 2 aromatic heterocycles. The van der Waals surface area contributed by atoms with E-state index in [-0.39, 0.29) is 5.82 Å². The summed E-state index contributed by atoms with van der Waals surface area (Å²) in [5, 5.41) is 5.40. The van der Waals surface area contributed by atoms with E-state index in [1.54, 1.807) is 23.5 Å². The largest absolute Gasteiger partial charge is 0.460 e. The molecule has 0 amide bonds. The van der Waals surface area contributed by atoms with Crippen LogP contribution in [-0.2, 0) is 13.1 Å². The van der Waals surface area contributed by atoms with Gasteiger partial charge >= 0.3 is 0 Å². The molecule has 5 heteroatoms. The zero-order valence-electron chi connectivity index (χ0n) is 11.1. The molecular weight excluding hydrogens is 353 g/mol. The number of hydrogen-bond donors (Lipinski definition) is 1. The first-order chi connectivity index (χ1) is 10.2. The molecule has 3 aromatic rings. The SMILES string of the molecule is Fc1ccc(-c2ccc(CNCc3sccc3Br)o2)cc1. The minimum atomic E-state index is -0.242. The number of furan rings is 1. The highest BCUT2D eigenvalue weighted by Crippen LogP contribution is 2.24. The summed E-state index contributed by atoms with van der Waals surface area (Å²) in [5.74, 6) is 1.37. The number of nitrogens with one attached hydrogen (secondary N) is 1. The fourth-order valence-electron chi connectivity index (χ4n) is 1.99. The molecule has 0 saturated carbocycles. The molecular formula is C16H13BrFNOS. The van der Waals surface area contributed by atoms with Gasteiger partial charge in [0.25, 0.3) is 0 Å². The van der Waals surface area contributed by atoms with Gasteiger partial charge in [0.15, 0.2) is 0 Å². The second kappa shape index (κ2) is 6.56. The maximum atomic E-state index is 12.9. The van der Waals surface area contributed by atoms with Gasteiger partial charge in [-0.3, -0.25) is 0 Å². The van der Waals surface area contributed by atoms with Crippen LogP contribution in [0.2, 0.25) is 0 Å².